The molecule has 5 rings (SSSR count). The largest absolute Gasteiger partial charge is 0.480 e. The molecule has 5 amide bonds. The lowest BCUT2D eigenvalue weighted by Crippen LogP contribution is -2.60. The van der Waals surface area contributed by atoms with Crippen LogP contribution < -0.4 is 20.9 Å². The number of aryl methyl sites for hydroxylation is 1. The first-order valence-corrected chi connectivity index (χ1v) is 30.7. The van der Waals surface area contributed by atoms with E-state index in [0.29, 0.717) is 68.6 Å². The molecule has 1 saturated carbocycles. The highest BCUT2D eigenvalue weighted by molar-refractivity contribution is 8.00. The minimum absolute atomic E-state index is 0.00473. The number of aliphatic hydroxyl groups is 1. The monoisotopic (exact) mass is 1200 g/mol. The van der Waals surface area contributed by atoms with Gasteiger partial charge in [0.05, 0.1) is 29.3 Å². The number of likely N-dealkylation sites (N-methyl/N-ethyl adjacent to an activating group) is 1. The Morgan fingerprint density at radius 3 is 2.35 bits per heavy atom. The third kappa shape index (κ3) is 19.4. The lowest BCUT2D eigenvalue weighted by Gasteiger charge is -2.41. The van der Waals surface area contributed by atoms with Gasteiger partial charge in [0.15, 0.2) is 5.78 Å². The number of carbonyl (C=O) groups is 10. The van der Waals surface area contributed by atoms with Gasteiger partial charge in [-0.05, 0) is 103 Å². The molecule has 3 heterocycles. The number of carbonyl (C=O) groups excluding carboxylic acids is 9. The van der Waals surface area contributed by atoms with E-state index in [1.165, 1.54) is 30.7 Å². The van der Waals surface area contributed by atoms with Crippen LogP contribution in [0, 0.1) is 30.6 Å². The van der Waals surface area contributed by atoms with Crippen molar-refractivity contribution in [1.29, 1.82) is 0 Å². The maximum Gasteiger partial charge on any atom is 0.409 e. The molecular weight excluding hydrogens is 1110 g/mol. The molecule has 460 valence electrons. The maximum atomic E-state index is 14.3. The molecule has 5 N–H and O–H groups in total. The summed E-state index contributed by atoms with van der Waals surface area (Å²) in [4.78, 5) is 132. The minimum Gasteiger partial charge on any atom is -0.480 e. The third-order valence-electron chi connectivity index (χ3n) is 17.0. The number of carboxylic acid groups (broad SMARTS) is 1. The maximum absolute atomic E-state index is 14.3. The number of hydrogen-bond acceptors (Lipinski definition) is 15. The van der Waals surface area contributed by atoms with Gasteiger partial charge < -0.3 is 49.7 Å². The van der Waals surface area contributed by atoms with Gasteiger partial charge in [-0.1, -0.05) is 75.1 Å². The molecule has 1 aromatic carbocycles. The van der Waals surface area contributed by atoms with Gasteiger partial charge in [-0.15, -0.1) is 11.8 Å². The quantitative estimate of drug-likeness (QED) is 0.0356. The van der Waals surface area contributed by atoms with Crippen molar-refractivity contribution in [3.05, 3.63) is 52.1 Å². The number of ether oxygens (including phenoxy) is 3. The van der Waals surface area contributed by atoms with E-state index in [1.807, 2.05) is 38.1 Å². The van der Waals surface area contributed by atoms with Crippen LogP contribution in [-0.2, 0) is 63.8 Å². The summed E-state index contributed by atoms with van der Waals surface area (Å²) in [6.45, 7) is 14.0. The van der Waals surface area contributed by atoms with E-state index in [9.17, 15) is 58.2 Å². The number of allylic oxidation sites excluding steroid dienone is 3. The second-order valence-electron chi connectivity index (χ2n) is 23.5. The highest BCUT2D eigenvalue weighted by atomic mass is 35.5. The zero-order valence-corrected chi connectivity index (χ0v) is 51.6. The molecule has 22 heteroatoms. The predicted molar refractivity (Wildman–Crippen MR) is 314 cm³/mol. The van der Waals surface area contributed by atoms with Gasteiger partial charge in [-0.2, -0.15) is 0 Å². The Kier molecular flexibility index (Phi) is 25.4. The summed E-state index contributed by atoms with van der Waals surface area (Å²) in [6.07, 6.45) is 7.78. The first-order valence-electron chi connectivity index (χ1n) is 29.3. The Morgan fingerprint density at radius 2 is 1.69 bits per heavy atom. The number of ketones is 3. The zero-order valence-electron chi connectivity index (χ0n) is 50.0. The van der Waals surface area contributed by atoms with Gasteiger partial charge in [0.2, 0.25) is 23.6 Å². The number of unbranched alkanes of at least 4 members (excludes halogenated alkanes) is 2. The van der Waals surface area contributed by atoms with Crippen LogP contribution in [-0.4, -0.2) is 147 Å². The molecule has 0 aromatic heterocycles. The van der Waals surface area contributed by atoms with Crippen molar-refractivity contribution >= 4 is 88.1 Å². The SMILES string of the molecule is CCC(=O)NC(CCCCCC(=O)C1CCC(CNC(=O)CC(SCCC(=O)N(C)[C@@H](C)C(=O)O[C@@H]2CC(=O)N(C)c3cc(cc(C)c3Cl)C/C(C)=C/C=C/[C@H](C)[C@@]3(O)CC(OC(=O)N3)[C@@H](C)[C@@H]3O[C@@]23C)C(=O)O)CC1)C(=O)CCC(C)=O. The van der Waals surface area contributed by atoms with Crippen LogP contribution in [0.3, 0.4) is 0 Å². The molecular formula is C61H88ClN5O15S. The van der Waals surface area contributed by atoms with Crippen LogP contribution in [0.1, 0.15) is 162 Å². The van der Waals surface area contributed by atoms with E-state index in [-0.39, 0.29) is 85.8 Å². The number of Topliss-reactive ketones (excluding diaryl/α,β-unsaturated/α-hetero) is 3. The van der Waals surface area contributed by atoms with Crippen LogP contribution in [0.25, 0.3) is 0 Å². The second-order valence-corrected chi connectivity index (χ2v) is 25.2. The molecule has 3 aliphatic heterocycles. The van der Waals surface area contributed by atoms with Gasteiger partial charge in [-0.3, -0.25) is 38.9 Å². The molecule has 10 atom stereocenters. The minimum atomic E-state index is -1.67. The number of benzene rings is 1. The number of nitrogens with one attached hydrogen (secondary N) is 3. The smallest absolute Gasteiger partial charge is 0.409 e. The van der Waals surface area contributed by atoms with Crippen LogP contribution in [0.2, 0.25) is 5.02 Å². The predicted octanol–water partition coefficient (Wildman–Crippen LogP) is 7.68. The van der Waals surface area contributed by atoms with E-state index in [4.69, 9.17) is 25.8 Å². The molecule has 20 nitrogen and oxygen atoms in total. The van der Waals surface area contributed by atoms with Crippen LogP contribution >= 0.6 is 23.4 Å². The van der Waals surface area contributed by atoms with Crippen LogP contribution in [0.4, 0.5) is 10.5 Å². The lowest BCUT2D eigenvalue weighted by atomic mass is 9.79. The summed E-state index contributed by atoms with van der Waals surface area (Å²) in [7, 11) is 2.99. The van der Waals surface area contributed by atoms with Crippen molar-refractivity contribution in [3.8, 4) is 0 Å². The van der Waals surface area contributed by atoms with Crippen molar-refractivity contribution in [1.82, 2.24) is 20.9 Å². The molecule has 0 spiro atoms. The van der Waals surface area contributed by atoms with E-state index in [1.54, 1.807) is 40.8 Å². The van der Waals surface area contributed by atoms with Gasteiger partial charge >= 0.3 is 18.0 Å². The molecule has 0 radical (unpaired) electrons. The molecule has 3 fully saturated rings. The van der Waals surface area contributed by atoms with Gasteiger partial charge in [0, 0.05) is 89.1 Å². The van der Waals surface area contributed by atoms with Crippen LogP contribution in [0.15, 0.2) is 35.9 Å². The Hall–Kier alpha value is -5.64. The Labute approximate surface area is 497 Å². The van der Waals surface area contributed by atoms with E-state index >= 15 is 0 Å². The highest BCUT2D eigenvalue weighted by Gasteiger charge is 2.64. The number of hydrogen-bond donors (Lipinski definition) is 5. The molecule has 1 aliphatic carbocycles. The fourth-order valence-electron chi connectivity index (χ4n) is 11.1. The lowest BCUT2D eigenvalue weighted by molar-refractivity contribution is -0.162. The topological polar surface area (TPSA) is 285 Å². The number of rotatable bonds is 25. The Balaban J connectivity index is 1.11. The number of alkyl carbamates (subject to hydrolysis) is 1. The van der Waals surface area contributed by atoms with Crippen molar-refractivity contribution in [2.45, 2.75) is 212 Å². The van der Waals surface area contributed by atoms with Crippen molar-refractivity contribution in [2.75, 3.05) is 31.3 Å². The van der Waals surface area contributed by atoms with E-state index in [2.05, 4.69) is 16.0 Å². The Morgan fingerprint density at radius 1 is 0.988 bits per heavy atom. The summed E-state index contributed by atoms with van der Waals surface area (Å²) < 4.78 is 18.2. The van der Waals surface area contributed by atoms with Gasteiger partial charge in [-0.25, -0.2) is 9.59 Å². The number of epoxide rings is 1. The standard InChI is InChI=1S/C61H88ClN5O15S/c1-11-51(71)64-44(47(70)25-20-38(5)68)18-13-12-14-19-46(69)43-23-21-41(22-24-43)34-63-52(72)31-49(57(75)76)83-27-26-53(73)66(9)40(7)58(77)81-50-32-54(74)67(10)45-30-42(29-36(3)55(45)62)28-35(2)16-15-17-37(4)61(79)33-48(80-59(78)65-61)39(6)56-60(50,8)82-56/h15-17,29-30,37,39-41,43-44,48-50,56,79H,11-14,18-28,31-34H2,1-10H3,(H,63,72)(H,64,71)(H,65,78)(H,75,76)/b17-15+,35-16+/t37-,39+,40-,41?,43?,44?,48?,49?,50+,56-,60-,61-/m0/s1. The number of amides is 5. The third-order valence-corrected chi connectivity index (χ3v) is 18.7. The number of nitrogens with zero attached hydrogens (tertiary/aromatic N) is 2. The summed E-state index contributed by atoms with van der Waals surface area (Å²) in [5, 5.41) is 29.2. The van der Waals surface area contributed by atoms with Crippen molar-refractivity contribution < 1.29 is 72.4 Å². The number of aliphatic carboxylic acids is 1. The molecule has 4 aliphatic rings. The van der Waals surface area contributed by atoms with Crippen LogP contribution in [0.5, 0.6) is 0 Å². The number of esters is 1. The summed E-state index contributed by atoms with van der Waals surface area (Å²) >= 11 is 7.76. The second kappa shape index (κ2) is 31.0. The summed E-state index contributed by atoms with van der Waals surface area (Å²) in [5.74, 6) is -4.80. The van der Waals surface area contributed by atoms with Gasteiger partial charge in [0.25, 0.3) is 0 Å². The number of carboxylic acids is 1. The molecule has 3 unspecified atom stereocenters. The number of halogens is 1. The average Bonchev–Trinajstić information content (AvgIpc) is 2.15. The molecule has 2 saturated heterocycles. The first kappa shape index (κ1) is 68.1. The average molecular weight is 1200 g/mol. The summed E-state index contributed by atoms with van der Waals surface area (Å²) in [5.41, 5.74) is 0.0916. The number of thioether (sulfide) groups is 1. The van der Waals surface area contributed by atoms with E-state index in [0.717, 1.165) is 41.3 Å². The number of fused-ring (bicyclic) bond motifs is 5. The first-order chi connectivity index (χ1) is 39.1. The Bertz CT molecular complexity index is 2620. The normalized spacial score (nSPS) is 27.6. The van der Waals surface area contributed by atoms with Crippen molar-refractivity contribution in [3.63, 3.8) is 0 Å². The zero-order chi connectivity index (χ0) is 61.5. The van der Waals surface area contributed by atoms with Crippen molar-refractivity contribution in [2.24, 2.45) is 23.7 Å². The fourth-order valence-corrected chi connectivity index (χ4v) is 12.4. The molecule has 4 bridgehead atoms. The fraction of sp³-hybridized carbons (Fsp3) is 0.672. The van der Waals surface area contributed by atoms with E-state index < -0.39 is 94.6 Å². The molecule has 83 heavy (non-hydrogen) atoms. The summed E-state index contributed by atoms with van der Waals surface area (Å²) in [6, 6.07) is 1.95. The number of anilines is 1. The highest BCUT2D eigenvalue weighted by Crippen LogP contribution is 2.49. The van der Waals surface area contributed by atoms with Gasteiger partial charge in [0.1, 0.15) is 46.4 Å². The molecule has 1 aromatic rings.